The molecule has 0 aliphatic carbocycles. The Kier molecular flexibility index (Phi) is 6.22. The maximum atomic E-state index is 12.8. The molecule has 1 aliphatic rings. The van der Waals surface area contributed by atoms with Gasteiger partial charge in [-0.2, -0.15) is 0 Å². The number of ether oxygens (including phenoxy) is 1. The highest BCUT2D eigenvalue weighted by Gasteiger charge is 2.28. The summed E-state index contributed by atoms with van der Waals surface area (Å²) in [5.74, 6) is 1.41. The molecule has 31 heavy (non-hydrogen) atoms. The van der Waals surface area contributed by atoms with Gasteiger partial charge in [0, 0.05) is 31.1 Å². The Morgan fingerprint density at radius 1 is 0.935 bits per heavy atom. The van der Waals surface area contributed by atoms with Crippen LogP contribution in [0.4, 0.5) is 0 Å². The van der Waals surface area contributed by atoms with Crippen molar-refractivity contribution in [2.45, 2.75) is 10.6 Å². The van der Waals surface area contributed by atoms with Gasteiger partial charge in [-0.05, 0) is 48.5 Å². The molecule has 4 rings (SSSR count). The van der Waals surface area contributed by atoms with Crippen molar-refractivity contribution in [2.24, 2.45) is 0 Å². The molecule has 0 spiro atoms. The van der Waals surface area contributed by atoms with Crippen molar-refractivity contribution < 1.29 is 27.4 Å². The molecule has 0 bridgehead atoms. The summed E-state index contributed by atoms with van der Waals surface area (Å²) in [4.78, 5) is 29.1. The van der Waals surface area contributed by atoms with Crippen molar-refractivity contribution in [1.29, 1.82) is 0 Å². The minimum Gasteiger partial charge on any atom is -0.497 e. The lowest BCUT2D eigenvalue weighted by atomic mass is 10.2. The van der Waals surface area contributed by atoms with Crippen molar-refractivity contribution in [3.8, 4) is 5.75 Å². The smallest absolute Gasteiger partial charge is 0.289 e. The highest BCUT2D eigenvalue weighted by atomic mass is 32.2. The second-order valence-corrected chi connectivity index (χ2v) is 8.44. The van der Waals surface area contributed by atoms with E-state index in [9.17, 15) is 13.8 Å². The third kappa shape index (κ3) is 4.72. The topological polar surface area (TPSA) is 93.2 Å². The first-order valence-electron chi connectivity index (χ1n) is 9.78. The highest BCUT2D eigenvalue weighted by molar-refractivity contribution is 7.84. The van der Waals surface area contributed by atoms with Gasteiger partial charge in [-0.3, -0.25) is 13.8 Å². The zero-order valence-electron chi connectivity index (χ0n) is 17.0. The standard InChI is InChI=1S/C22H22N2O6S/c1-28-16-4-7-18(8-5-16)31(27)15-17-6-9-20(30-17)22(26)24-12-10-23(11-13-24)21(25)19-3-2-14-29-19/h2-9,14H,10-13,15H2,1H3/t31-/m0/s1. The molecule has 0 unspecified atom stereocenters. The molecule has 8 nitrogen and oxygen atoms in total. The summed E-state index contributed by atoms with van der Waals surface area (Å²) in [7, 11) is 0.272. The summed E-state index contributed by atoms with van der Waals surface area (Å²) in [6.45, 7) is 1.64. The van der Waals surface area contributed by atoms with Crippen molar-refractivity contribution in [3.05, 3.63) is 72.1 Å². The molecular formula is C22H22N2O6S. The number of methoxy groups -OCH3 is 1. The average Bonchev–Trinajstić information content (AvgIpc) is 3.51. The average molecular weight is 442 g/mol. The summed E-state index contributed by atoms with van der Waals surface area (Å²) >= 11 is 0. The van der Waals surface area contributed by atoms with Crippen LogP contribution in [0.3, 0.4) is 0 Å². The first-order valence-corrected chi connectivity index (χ1v) is 11.1. The van der Waals surface area contributed by atoms with Gasteiger partial charge in [0.15, 0.2) is 11.5 Å². The van der Waals surface area contributed by atoms with E-state index in [1.165, 1.54) is 6.26 Å². The molecule has 0 N–H and O–H groups in total. The molecule has 162 valence electrons. The molecule has 1 fully saturated rings. The minimum atomic E-state index is -1.30. The lowest BCUT2D eigenvalue weighted by Gasteiger charge is -2.33. The summed E-state index contributed by atoms with van der Waals surface area (Å²) in [5, 5.41) is 0. The fraction of sp³-hybridized carbons (Fsp3) is 0.273. The lowest BCUT2D eigenvalue weighted by Crippen LogP contribution is -2.50. The third-order valence-corrected chi connectivity index (χ3v) is 6.40. The SMILES string of the molecule is COc1ccc([S@@](=O)Cc2ccc(C(=O)N3CCN(C(=O)c4ccco4)CC3)o2)cc1. The molecule has 2 aromatic heterocycles. The molecule has 1 saturated heterocycles. The molecule has 3 aromatic rings. The Morgan fingerprint density at radius 2 is 1.58 bits per heavy atom. The van der Waals surface area contributed by atoms with Crippen LogP contribution in [-0.2, 0) is 16.6 Å². The highest BCUT2D eigenvalue weighted by Crippen LogP contribution is 2.19. The van der Waals surface area contributed by atoms with E-state index in [2.05, 4.69) is 0 Å². The Hall–Kier alpha value is -3.33. The summed E-state index contributed by atoms with van der Waals surface area (Å²) in [5.41, 5.74) is 0. The number of benzene rings is 1. The molecule has 3 heterocycles. The number of hydrogen-bond donors (Lipinski definition) is 0. The summed E-state index contributed by atoms with van der Waals surface area (Å²) in [6, 6.07) is 13.6. The van der Waals surface area contributed by atoms with Crippen molar-refractivity contribution >= 4 is 22.6 Å². The molecule has 1 aromatic carbocycles. The van der Waals surface area contributed by atoms with E-state index in [-0.39, 0.29) is 23.3 Å². The normalized spacial score (nSPS) is 15.0. The molecule has 9 heteroatoms. The number of amides is 2. The summed E-state index contributed by atoms with van der Waals surface area (Å²) < 4.78 is 28.5. The number of carbonyl (C=O) groups excluding carboxylic acids is 2. The van der Waals surface area contributed by atoms with Gasteiger partial charge >= 0.3 is 0 Å². The Labute approximate surface area is 181 Å². The Bertz CT molecular complexity index is 1070. The molecule has 2 amide bonds. The van der Waals surface area contributed by atoms with Crippen molar-refractivity contribution in [3.63, 3.8) is 0 Å². The maximum Gasteiger partial charge on any atom is 0.289 e. The summed E-state index contributed by atoms with van der Waals surface area (Å²) in [6.07, 6.45) is 1.46. The second kappa shape index (κ2) is 9.22. The van der Waals surface area contributed by atoms with Gasteiger partial charge in [0.25, 0.3) is 11.8 Å². The number of nitrogens with zero attached hydrogens (tertiary/aromatic N) is 2. The van der Waals surface area contributed by atoms with E-state index in [0.717, 1.165) is 0 Å². The van der Waals surface area contributed by atoms with Gasteiger partial charge in [-0.1, -0.05) is 0 Å². The lowest BCUT2D eigenvalue weighted by molar-refractivity contribution is 0.0501. The second-order valence-electron chi connectivity index (χ2n) is 6.99. The van der Waals surface area contributed by atoms with E-state index in [0.29, 0.717) is 48.3 Å². The van der Waals surface area contributed by atoms with Crippen LogP contribution in [0.25, 0.3) is 0 Å². The predicted molar refractivity (Wildman–Crippen MR) is 112 cm³/mol. The van der Waals surface area contributed by atoms with E-state index < -0.39 is 10.8 Å². The van der Waals surface area contributed by atoms with Crippen LogP contribution >= 0.6 is 0 Å². The van der Waals surface area contributed by atoms with E-state index in [4.69, 9.17) is 13.6 Å². The van der Waals surface area contributed by atoms with Crippen LogP contribution in [-0.4, -0.2) is 59.1 Å². The minimum absolute atomic E-state index is 0.172. The van der Waals surface area contributed by atoms with Crippen LogP contribution in [0, 0.1) is 0 Å². The number of hydrogen-bond acceptors (Lipinski definition) is 6. The van der Waals surface area contributed by atoms with Gasteiger partial charge in [0.2, 0.25) is 0 Å². The van der Waals surface area contributed by atoms with Crippen LogP contribution < -0.4 is 4.74 Å². The van der Waals surface area contributed by atoms with Gasteiger partial charge in [-0.25, -0.2) is 0 Å². The van der Waals surface area contributed by atoms with Gasteiger partial charge in [0.1, 0.15) is 11.5 Å². The Morgan fingerprint density at radius 3 is 2.16 bits per heavy atom. The quantitative estimate of drug-likeness (QED) is 0.583. The van der Waals surface area contributed by atoms with Crippen molar-refractivity contribution in [1.82, 2.24) is 9.80 Å². The first-order chi connectivity index (χ1) is 15.0. The first kappa shape index (κ1) is 20.9. The van der Waals surface area contributed by atoms with E-state index in [1.54, 1.807) is 65.4 Å². The molecule has 1 atom stereocenters. The van der Waals surface area contributed by atoms with Crippen molar-refractivity contribution in [2.75, 3.05) is 33.3 Å². The number of piperazine rings is 1. The van der Waals surface area contributed by atoms with E-state index >= 15 is 0 Å². The van der Waals surface area contributed by atoms with Crippen LogP contribution in [0.2, 0.25) is 0 Å². The number of furan rings is 2. The maximum absolute atomic E-state index is 12.8. The molecular weight excluding hydrogens is 420 g/mol. The largest absolute Gasteiger partial charge is 0.497 e. The van der Waals surface area contributed by atoms with Gasteiger partial charge in [-0.15, -0.1) is 0 Å². The molecule has 0 saturated carbocycles. The third-order valence-electron chi connectivity index (χ3n) is 5.05. The van der Waals surface area contributed by atoms with Crippen LogP contribution in [0.1, 0.15) is 26.9 Å². The fourth-order valence-corrected chi connectivity index (χ4v) is 4.35. The monoisotopic (exact) mass is 442 g/mol. The van der Waals surface area contributed by atoms with E-state index in [1.807, 2.05) is 0 Å². The van der Waals surface area contributed by atoms with Gasteiger partial charge in [0.05, 0.1) is 29.9 Å². The zero-order valence-corrected chi connectivity index (χ0v) is 17.8. The van der Waals surface area contributed by atoms with Crippen LogP contribution in [0.15, 0.2) is 68.5 Å². The zero-order chi connectivity index (χ0) is 21.8. The van der Waals surface area contributed by atoms with Gasteiger partial charge < -0.3 is 23.4 Å². The number of carbonyl (C=O) groups is 2. The molecule has 1 aliphatic heterocycles. The molecule has 0 radical (unpaired) electrons. The Balaban J connectivity index is 1.33. The predicted octanol–water partition coefficient (Wildman–Crippen LogP) is 2.79. The van der Waals surface area contributed by atoms with Crippen LogP contribution in [0.5, 0.6) is 5.75 Å². The number of rotatable bonds is 6. The fourth-order valence-electron chi connectivity index (χ4n) is 3.34.